The zero-order chi connectivity index (χ0) is 76.8. The van der Waals surface area contributed by atoms with Crippen molar-refractivity contribution < 1.29 is 302 Å². The number of carbonyl (C=O) groups is 7. The number of allylic oxidation sites excluding steroid dienone is 4. The van der Waals surface area contributed by atoms with Crippen molar-refractivity contribution in [3.63, 3.8) is 0 Å². The Bertz CT molecular complexity index is 5630. The number of nitrogens with one attached hydrogen (secondary N) is 3. The number of rotatable bonds is 18. The number of hydrogen-bond acceptors (Lipinski definition) is 29. The fourth-order valence-corrected chi connectivity index (χ4v) is 11.7. The number of nitrogens with zero attached hydrogens (tertiary/aromatic N) is 11. The maximum atomic E-state index is 12.9. The average Bonchev–Trinajstić information content (AvgIpc) is 1.66. The van der Waals surface area contributed by atoms with Crippen LogP contribution in [0.1, 0.15) is 42.6 Å². The average molecular weight is 1670 g/mol. The van der Waals surface area contributed by atoms with Crippen molar-refractivity contribution in [2.75, 3.05) is 64.7 Å². The number of azo groups is 1. The van der Waals surface area contributed by atoms with Crippen LogP contribution in [0, 0.1) is 0 Å². The van der Waals surface area contributed by atoms with E-state index < -0.39 is 135 Å². The first-order valence-corrected chi connectivity index (χ1v) is 35.1. The number of H-pyrrole nitrogens is 3. The fraction of sp³-hybridized carbons (Fsp3) is 0.167. The van der Waals surface area contributed by atoms with Crippen LogP contribution in [0.3, 0.4) is 0 Å². The Morgan fingerprint density at radius 2 is 0.873 bits per heavy atom. The number of amides is 4. The summed E-state index contributed by atoms with van der Waals surface area (Å²) in [6, 6.07) is 16.1. The molecule has 3 aromatic heterocycles. The number of anilines is 1. The van der Waals surface area contributed by atoms with Crippen molar-refractivity contribution in [2.24, 2.45) is 27.5 Å². The van der Waals surface area contributed by atoms with Crippen molar-refractivity contribution in [1.82, 2.24) is 44.2 Å². The van der Waals surface area contributed by atoms with Crippen molar-refractivity contribution >= 4 is 123 Å². The molecular weight excluding hydrogens is 1620 g/mol. The summed E-state index contributed by atoms with van der Waals surface area (Å²) in [5.41, 5.74) is -5.51. The number of hydrazone groups is 2. The molecule has 110 heavy (non-hydrogen) atoms. The number of likely N-dealkylation sites (N-methyl/N-ethyl adjacent to an activating group) is 1. The van der Waals surface area contributed by atoms with Gasteiger partial charge >= 0.3 is 203 Å². The third kappa shape index (κ3) is 23.3. The Morgan fingerprint density at radius 1 is 0.482 bits per heavy atom. The first-order valence-electron chi connectivity index (χ1n) is 29.5. The third-order valence-corrected chi connectivity index (χ3v) is 18.4. The smallest absolute Gasteiger partial charge is 0.744 e. The Balaban J connectivity index is 0.000000344. The fourth-order valence-electron chi connectivity index (χ4n) is 9.80. The molecule has 2 fully saturated rings. The summed E-state index contributed by atoms with van der Waals surface area (Å²) in [4.78, 5) is 125. The molecule has 0 spiro atoms. The number of aliphatic carboxylic acids is 1. The number of carbonyl (C=O) groups excluding carboxylic acids is 5. The molecule has 0 atom stereocenters. The largest absolute Gasteiger partial charge is 1.00 e. The number of aromatic carboxylic acids is 2. The molecule has 5 N–H and O–H groups in total. The quantitative estimate of drug-likeness (QED) is 0.0230. The first-order chi connectivity index (χ1) is 49.3. The SMILES string of the molecule is CN1N=C(C(=O)N2CCOCC2)C(=CC=Cc2c(C(=O)N3CCOCC3)[nH]n(C)c2=O)C1=O.O=C(O)C1=NN(c2ccc(S(=O)(=O)[O-])cc2)C(=O)C1=CC=Cc1c(C(=O)O)[nH]n(-c2ccc(S(=O)(=O)[O-])cc2)c1=O.O=C([O-])c1[nH]n(-c2ccc(S(=O)(=O)[O-])cc2)c(=O)c1N=Nc1ccc(S(=O)(=O)[O-])cc1.[K+].[K+].[Na+].[Na+].[Na+]. The second-order valence-corrected chi connectivity index (χ2v) is 27.2. The van der Waals surface area contributed by atoms with Gasteiger partial charge in [-0.3, -0.25) is 53.5 Å². The molecule has 7 aromatic rings. The number of aryl methyl sites for hydroxylation is 1. The Kier molecular flexibility index (Phi) is 35.7. The predicted octanol–water partition coefficient (Wildman–Crippen LogP) is -16.3. The monoisotopic (exact) mass is 1670 g/mol. The van der Waals surface area contributed by atoms with Crippen LogP contribution in [0.15, 0.2) is 187 Å². The minimum Gasteiger partial charge on any atom is -0.744 e. The van der Waals surface area contributed by atoms with Gasteiger partial charge in [0.15, 0.2) is 22.8 Å². The minimum atomic E-state index is -4.78. The van der Waals surface area contributed by atoms with Crippen LogP contribution in [0.2, 0.25) is 0 Å². The summed E-state index contributed by atoms with van der Waals surface area (Å²) in [5, 5.41) is 54.5. The second kappa shape index (κ2) is 40.8. The summed E-state index contributed by atoms with van der Waals surface area (Å²) in [7, 11) is -16.0. The number of aromatic nitrogens is 6. The molecule has 4 amide bonds. The van der Waals surface area contributed by atoms with Crippen LogP contribution in [0.5, 0.6) is 0 Å². The molecule has 11 rings (SSSR count). The van der Waals surface area contributed by atoms with Crippen molar-refractivity contribution in [3.8, 4) is 11.4 Å². The molecule has 50 heteroatoms. The van der Waals surface area contributed by atoms with Gasteiger partial charge in [-0.25, -0.2) is 57.6 Å². The van der Waals surface area contributed by atoms with E-state index in [9.17, 15) is 115 Å². The van der Waals surface area contributed by atoms with Crippen LogP contribution in [-0.4, -0.2) is 219 Å². The van der Waals surface area contributed by atoms with E-state index in [0.29, 0.717) is 62.3 Å². The van der Waals surface area contributed by atoms with Crippen LogP contribution in [0.25, 0.3) is 23.5 Å². The minimum absolute atomic E-state index is 0. The van der Waals surface area contributed by atoms with Gasteiger partial charge in [0.05, 0.1) is 97.0 Å². The molecule has 41 nitrogen and oxygen atoms in total. The standard InChI is InChI=1S/C23H16N4O12S2.C21H26N6O6.C16H12N4O9S2.2K.3Na/c28-20-16(18(22(30)31)24-26(20)12-4-8-14(9-5-12)40(34,35)36)2-1-3-17-19(23(32)33)25-27(21(17)29)13-6-10-15(11-7-13)41(37,38)39;1-24-18(28)14(16(22-24)20(30)26-6-10-32-11-7-26)4-3-5-15-17(23-25(2)19(15)29)21(31)27-8-12-33-13-9-27;21-15-13(18-17-9-1-5-11(6-2-9)30(24,25)26)14(16(22)23)19-20(15)10-3-7-12(8-4-10)31(27,28)29;;;;;/h1-11,24H,(H,30,31)(H,32,33)(H,34,35,36)(H,37,38,39);3-5,22H,6-13H2,1-2H3;1-8,19H,(H,22,23)(H,24,25,26)(H,27,28,29);;;;;/q;;;5*+1/p-5. The van der Waals surface area contributed by atoms with Crippen LogP contribution in [0.4, 0.5) is 17.1 Å². The zero-order valence-corrected chi connectivity index (χ0v) is 74.0. The normalized spacial score (nSPS) is 15.3. The van der Waals surface area contributed by atoms with Gasteiger partial charge in [0, 0.05) is 40.3 Å². The van der Waals surface area contributed by atoms with E-state index in [0.717, 1.165) is 125 Å². The molecule has 2 saturated heterocycles. The van der Waals surface area contributed by atoms with Gasteiger partial charge in [0.2, 0.25) is 0 Å². The predicted molar refractivity (Wildman–Crippen MR) is 350 cm³/mol. The number of benzene rings is 4. The maximum absolute atomic E-state index is 12.9. The zero-order valence-electron chi connectivity index (χ0n) is 58.5. The van der Waals surface area contributed by atoms with Crippen LogP contribution < -0.4 is 218 Å². The maximum Gasteiger partial charge on any atom is 1.00 e. The summed E-state index contributed by atoms with van der Waals surface area (Å²) in [5.74, 6) is -7.02. The molecule has 0 unspecified atom stereocenters. The number of morpholine rings is 2. The number of aromatic amines is 3. The van der Waals surface area contributed by atoms with E-state index in [-0.39, 0.29) is 254 Å². The summed E-state index contributed by atoms with van der Waals surface area (Å²) in [6.45, 7) is 3.46. The molecule has 0 saturated carbocycles. The number of hydrogen-bond donors (Lipinski definition) is 5. The van der Waals surface area contributed by atoms with Gasteiger partial charge in [0.1, 0.15) is 51.9 Å². The number of carboxylic acids is 3. The van der Waals surface area contributed by atoms with Gasteiger partial charge in [0.25, 0.3) is 40.3 Å². The van der Waals surface area contributed by atoms with E-state index in [1.165, 1.54) is 37.0 Å². The molecule has 0 radical (unpaired) electrons. The van der Waals surface area contributed by atoms with E-state index >= 15 is 0 Å². The van der Waals surface area contributed by atoms with Crippen LogP contribution >= 0.6 is 0 Å². The van der Waals surface area contributed by atoms with Gasteiger partial charge < -0.3 is 57.6 Å². The first kappa shape index (κ1) is 96.3. The Morgan fingerprint density at radius 3 is 1.29 bits per heavy atom. The summed E-state index contributed by atoms with van der Waals surface area (Å²) < 4.78 is 146. The number of carboxylic acid groups (broad SMARTS) is 3. The van der Waals surface area contributed by atoms with E-state index in [2.05, 4.69) is 35.7 Å². The van der Waals surface area contributed by atoms with Crippen molar-refractivity contribution in [3.05, 3.63) is 192 Å². The Labute approximate surface area is 772 Å². The van der Waals surface area contributed by atoms with E-state index in [1.54, 1.807) is 9.80 Å². The van der Waals surface area contributed by atoms with Crippen LogP contribution in [-0.2, 0) is 76.2 Å². The molecule has 4 aromatic carbocycles. The molecule has 0 bridgehead atoms. The van der Waals surface area contributed by atoms with Crippen molar-refractivity contribution in [2.45, 2.75) is 19.6 Å². The molecule has 550 valence electrons. The second-order valence-electron chi connectivity index (χ2n) is 21.7. The molecule has 4 aliphatic heterocycles. The van der Waals surface area contributed by atoms with Gasteiger partial charge in [-0.1, -0.05) is 12.2 Å². The topological polar surface area (TPSA) is 606 Å². The van der Waals surface area contributed by atoms with Gasteiger partial charge in [-0.05, 0) is 121 Å². The molecule has 7 heterocycles. The van der Waals surface area contributed by atoms with Gasteiger partial charge in [-0.2, -0.15) is 20.3 Å². The molecule has 0 aliphatic carbocycles. The summed E-state index contributed by atoms with van der Waals surface area (Å²) in [6.07, 6.45) is 7.35. The molecule has 4 aliphatic rings. The van der Waals surface area contributed by atoms with E-state index in [4.69, 9.17) is 9.47 Å². The molecular formula is C60H49K2N14Na3O27S4. The Hall–Kier alpha value is -6.07. The third-order valence-electron chi connectivity index (χ3n) is 15.0. The van der Waals surface area contributed by atoms with Crippen molar-refractivity contribution in [1.29, 1.82) is 0 Å². The number of ether oxygens (including phenoxy) is 2. The summed E-state index contributed by atoms with van der Waals surface area (Å²) >= 11 is 0. The van der Waals surface area contributed by atoms with E-state index in [1.807, 2.05) is 0 Å². The van der Waals surface area contributed by atoms with Gasteiger partial charge in [-0.15, -0.1) is 5.11 Å².